The molecule has 0 amide bonds. The van der Waals surface area contributed by atoms with Crippen LogP contribution in [0.1, 0.15) is 51.9 Å². The lowest BCUT2D eigenvalue weighted by atomic mass is 10.2. The molecule has 0 radical (unpaired) electrons. The summed E-state index contributed by atoms with van der Waals surface area (Å²) in [6.07, 6.45) is 10.8. The van der Waals surface area contributed by atoms with Crippen LogP contribution in [-0.4, -0.2) is 36.2 Å². The Balaban J connectivity index is 3.46. The van der Waals surface area contributed by atoms with E-state index >= 15 is 0 Å². The molecule has 16 heavy (non-hydrogen) atoms. The highest BCUT2D eigenvalue weighted by atomic mass is 16.3. The minimum atomic E-state index is 0.290. The Morgan fingerprint density at radius 3 is 2.25 bits per heavy atom. The molecule has 2 heteroatoms. The molecular formula is C14H29NO. The van der Waals surface area contributed by atoms with Gasteiger partial charge < -0.3 is 10.0 Å². The molecule has 0 spiro atoms. The van der Waals surface area contributed by atoms with Gasteiger partial charge in [-0.2, -0.15) is 0 Å². The van der Waals surface area contributed by atoms with Gasteiger partial charge in [-0.1, -0.05) is 32.3 Å². The molecule has 0 aliphatic rings. The number of nitrogens with zero attached hydrogens (tertiary/aromatic N) is 1. The second-order valence-electron chi connectivity index (χ2n) is 4.41. The van der Waals surface area contributed by atoms with Crippen molar-refractivity contribution in [2.75, 3.05) is 26.2 Å². The summed E-state index contributed by atoms with van der Waals surface area (Å²) in [5.41, 5.74) is 0. The molecule has 0 heterocycles. The fourth-order valence-corrected chi connectivity index (χ4v) is 1.86. The molecule has 0 atom stereocenters. The molecule has 2 nitrogen and oxygen atoms in total. The van der Waals surface area contributed by atoms with Crippen LogP contribution in [-0.2, 0) is 0 Å². The Kier molecular flexibility index (Phi) is 12.5. The first-order chi connectivity index (χ1) is 7.85. The van der Waals surface area contributed by atoms with Gasteiger partial charge >= 0.3 is 0 Å². The van der Waals surface area contributed by atoms with Crippen LogP contribution in [0.5, 0.6) is 0 Å². The lowest BCUT2D eigenvalue weighted by molar-refractivity contribution is 0.190. The van der Waals surface area contributed by atoms with Crippen molar-refractivity contribution in [1.29, 1.82) is 0 Å². The van der Waals surface area contributed by atoms with Crippen LogP contribution in [0.3, 0.4) is 0 Å². The first kappa shape index (κ1) is 15.7. The number of hydrogen-bond donors (Lipinski definition) is 1. The van der Waals surface area contributed by atoms with Crippen LogP contribution in [0.4, 0.5) is 0 Å². The van der Waals surface area contributed by atoms with Crippen molar-refractivity contribution in [3.63, 3.8) is 0 Å². The number of allylic oxidation sites excluding steroid dienone is 1. The van der Waals surface area contributed by atoms with Crippen LogP contribution in [0.2, 0.25) is 0 Å². The molecule has 0 bridgehead atoms. The summed E-state index contributed by atoms with van der Waals surface area (Å²) in [6, 6.07) is 0. The molecule has 0 aromatic rings. The first-order valence-corrected chi connectivity index (χ1v) is 6.79. The third-order valence-electron chi connectivity index (χ3n) is 2.88. The molecule has 1 N–H and O–H groups in total. The van der Waals surface area contributed by atoms with Gasteiger partial charge in [-0.05, 0) is 38.8 Å². The fraction of sp³-hybridized carbons (Fsp3) is 0.857. The Bertz CT molecular complexity index is 148. The average molecular weight is 227 g/mol. The predicted molar refractivity (Wildman–Crippen MR) is 71.7 cm³/mol. The maximum absolute atomic E-state index is 8.98. The summed E-state index contributed by atoms with van der Waals surface area (Å²) in [4.78, 5) is 2.39. The first-order valence-electron chi connectivity index (χ1n) is 6.79. The lowest BCUT2D eigenvalue weighted by Gasteiger charge is -2.20. The van der Waals surface area contributed by atoms with E-state index in [9.17, 15) is 0 Å². The standard InChI is InChI=1S/C14H29NO/c1-3-5-7-8-10-12-15(13-14-16)11-9-6-4-2/h3,16H,1,4-14H2,2H3. The van der Waals surface area contributed by atoms with Crippen molar-refractivity contribution in [3.05, 3.63) is 12.7 Å². The van der Waals surface area contributed by atoms with Crippen molar-refractivity contribution >= 4 is 0 Å². The largest absolute Gasteiger partial charge is 0.395 e. The zero-order valence-corrected chi connectivity index (χ0v) is 11.0. The third-order valence-corrected chi connectivity index (χ3v) is 2.88. The Morgan fingerprint density at radius 2 is 1.69 bits per heavy atom. The van der Waals surface area contributed by atoms with Crippen LogP contribution >= 0.6 is 0 Å². The van der Waals surface area contributed by atoms with E-state index in [0.717, 1.165) is 26.1 Å². The molecule has 0 aromatic heterocycles. The summed E-state index contributed by atoms with van der Waals surface area (Å²) in [5, 5.41) is 8.98. The van der Waals surface area contributed by atoms with E-state index in [1.54, 1.807) is 0 Å². The van der Waals surface area contributed by atoms with Gasteiger partial charge in [0.1, 0.15) is 0 Å². The van der Waals surface area contributed by atoms with Crippen LogP contribution in [0, 0.1) is 0 Å². The minimum absolute atomic E-state index is 0.290. The highest BCUT2D eigenvalue weighted by molar-refractivity contribution is 4.66. The zero-order valence-electron chi connectivity index (χ0n) is 11.0. The van der Waals surface area contributed by atoms with Gasteiger partial charge in [0.05, 0.1) is 6.61 Å². The Hall–Kier alpha value is -0.340. The summed E-state index contributed by atoms with van der Waals surface area (Å²) in [5.74, 6) is 0. The maximum Gasteiger partial charge on any atom is 0.0558 e. The van der Waals surface area contributed by atoms with E-state index in [0.29, 0.717) is 6.61 Å². The predicted octanol–water partition coefficient (Wildman–Crippen LogP) is 3.22. The number of aliphatic hydroxyl groups is 1. The summed E-state index contributed by atoms with van der Waals surface area (Å²) in [6.45, 7) is 9.38. The van der Waals surface area contributed by atoms with Crippen molar-refractivity contribution in [2.24, 2.45) is 0 Å². The van der Waals surface area contributed by atoms with Crippen molar-refractivity contribution in [3.8, 4) is 0 Å². The summed E-state index contributed by atoms with van der Waals surface area (Å²) in [7, 11) is 0. The van der Waals surface area contributed by atoms with Crippen LogP contribution in [0.15, 0.2) is 12.7 Å². The SMILES string of the molecule is C=CCCCCCN(CCO)CCCCC. The van der Waals surface area contributed by atoms with E-state index in [1.807, 2.05) is 6.08 Å². The molecular weight excluding hydrogens is 198 g/mol. The smallest absolute Gasteiger partial charge is 0.0558 e. The van der Waals surface area contributed by atoms with Crippen LogP contribution < -0.4 is 0 Å². The van der Waals surface area contributed by atoms with Gasteiger partial charge in [0.15, 0.2) is 0 Å². The number of hydrogen-bond acceptors (Lipinski definition) is 2. The molecule has 0 unspecified atom stereocenters. The van der Waals surface area contributed by atoms with E-state index in [2.05, 4.69) is 18.4 Å². The molecule has 0 aliphatic carbocycles. The molecule has 0 saturated carbocycles. The third kappa shape index (κ3) is 10.2. The Morgan fingerprint density at radius 1 is 1.00 bits per heavy atom. The zero-order chi connectivity index (χ0) is 12.1. The Labute approximate surface area is 101 Å². The molecule has 0 rings (SSSR count). The highest BCUT2D eigenvalue weighted by Gasteiger charge is 2.02. The molecule has 0 aliphatic heterocycles. The van der Waals surface area contributed by atoms with Crippen molar-refractivity contribution in [2.45, 2.75) is 51.9 Å². The van der Waals surface area contributed by atoms with Crippen molar-refractivity contribution < 1.29 is 5.11 Å². The monoisotopic (exact) mass is 227 g/mol. The van der Waals surface area contributed by atoms with E-state index in [4.69, 9.17) is 5.11 Å². The van der Waals surface area contributed by atoms with Crippen LogP contribution in [0.25, 0.3) is 0 Å². The van der Waals surface area contributed by atoms with Gasteiger partial charge in [0, 0.05) is 6.54 Å². The van der Waals surface area contributed by atoms with E-state index in [1.165, 1.54) is 38.5 Å². The molecule has 0 fully saturated rings. The molecule has 96 valence electrons. The molecule has 0 aromatic carbocycles. The second kappa shape index (κ2) is 12.7. The van der Waals surface area contributed by atoms with Gasteiger partial charge in [-0.15, -0.1) is 6.58 Å². The van der Waals surface area contributed by atoms with E-state index < -0.39 is 0 Å². The summed E-state index contributed by atoms with van der Waals surface area (Å²) < 4.78 is 0. The quantitative estimate of drug-likeness (QED) is 0.409. The normalized spacial score (nSPS) is 10.9. The minimum Gasteiger partial charge on any atom is -0.395 e. The van der Waals surface area contributed by atoms with E-state index in [-0.39, 0.29) is 0 Å². The second-order valence-corrected chi connectivity index (χ2v) is 4.41. The molecule has 0 saturated heterocycles. The maximum atomic E-state index is 8.98. The number of rotatable bonds is 12. The van der Waals surface area contributed by atoms with Gasteiger partial charge in [0.25, 0.3) is 0 Å². The number of unbranched alkanes of at least 4 members (excludes halogenated alkanes) is 5. The summed E-state index contributed by atoms with van der Waals surface area (Å²) >= 11 is 0. The van der Waals surface area contributed by atoms with Gasteiger partial charge in [0.2, 0.25) is 0 Å². The topological polar surface area (TPSA) is 23.5 Å². The van der Waals surface area contributed by atoms with Crippen molar-refractivity contribution in [1.82, 2.24) is 4.90 Å². The lowest BCUT2D eigenvalue weighted by Crippen LogP contribution is -2.29. The van der Waals surface area contributed by atoms with Gasteiger partial charge in [-0.3, -0.25) is 0 Å². The van der Waals surface area contributed by atoms with Gasteiger partial charge in [-0.25, -0.2) is 0 Å². The fourth-order valence-electron chi connectivity index (χ4n) is 1.86. The number of aliphatic hydroxyl groups excluding tert-OH is 1. The highest BCUT2D eigenvalue weighted by Crippen LogP contribution is 2.04. The average Bonchev–Trinajstić information content (AvgIpc) is 2.29.